The normalized spacial score (nSPS) is 10.5. The maximum Gasteiger partial charge on any atom is 0.142 e. The predicted octanol–water partition coefficient (Wildman–Crippen LogP) is 2.83. The highest BCUT2D eigenvalue weighted by Gasteiger charge is 2.05. The smallest absolute Gasteiger partial charge is 0.142 e. The molecule has 3 nitrogen and oxygen atoms in total. The average molecular weight is 209 g/mol. The summed E-state index contributed by atoms with van der Waals surface area (Å²) < 4.78 is 10.3. The molecule has 0 aliphatic rings. The molecule has 0 atom stereocenters. The van der Waals surface area contributed by atoms with E-state index in [4.69, 9.17) is 9.47 Å². The second-order valence-electron chi connectivity index (χ2n) is 3.72. The van der Waals surface area contributed by atoms with Crippen LogP contribution in [0.1, 0.15) is 25.3 Å². The molecule has 0 saturated heterocycles. The van der Waals surface area contributed by atoms with Crippen LogP contribution in [0.5, 0.6) is 5.75 Å². The van der Waals surface area contributed by atoms with Gasteiger partial charge >= 0.3 is 0 Å². The monoisotopic (exact) mass is 209 g/mol. The Morgan fingerprint density at radius 3 is 2.53 bits per heavy atom. The van der Waals surface area contributed by atoms with Crippen molar-refractivity contribution >= 4 is 5.69 Å². The van der Waals surface area contributed by atoms with E-state index in [1.54, 1.807) is 14.2 Å². The SMILES string of the molecule is COCNc1ccc(C(C)C)cc1OC. The topological polar surface area (TPSA) is 30.5 Å². The van der Waals surface area contributed by atoms with E-state index in [0.29, 0.717) is 12.6 Å². The van der Waals surface area contributed by atoms with Crippen LogP contribution >= 0.6 is 0 Å². The second kappa shape index (κ2) is 5.61. The van der Waals surface area contributed by atoms with Crippen molar-refractivity contribution in [1.29, 1.82) is 0 Å². The Morgan fingerprint density at radius 2 is 2.00 bits per heavy atom. The lowest BCUT2D eigenvalue weighted by Gasteiger charge is -2.13. The van der Waals surface area contributed by atoms with Crippen LogP contribution < -0.4 is 10.1 Å². The molecule has 1 rings (SSSR count). The van der Waals surface area contributed by atoms with Crippen molar-refractivity contribution in [2.45, 2.75) is 19.8 Å². The van der Waals surface area contributed by atoms with Crippen LogP contribution in [-0.2, 0) is 4.74 Å². The first kappa shape index (κ1) is 11.9. The molecule has 15 heavy (non-hydrogen) atoms. The van der Waals surface area contributed by atoms with E-state index in [1.165, 1.54) is 5.56 Å². The Bertz CT molecular complexity index is 310. The van der Waals surface area contributed by atoms with Crippen LogP contribution in [0.3, 0.4) is 0 Å². The zero-order valence-corrected chi connectivity index (χ0v) is 9.83. The lowest BCUT2D eigenvalue weighted by molar-refractivity contribution is 0.221. The summed E-state index contributed by atoms with van der Waals surface area (Å²) in [4.78, 5) is 0. The Labute approximate surface area is 91.4 Å². The van der Waals surface area contributed by atoms with Gasteiger partial charge in [-0.2, -0.15) is 0 Å². The summed E-state index contributed by atoms with van der Waals surface area (Å²) in [7, 11) is 3.33. The fraction of sp³-hybridized carbons (Fsp3) is 0.500. The van der Waals surface area contributed by atoms with Crippen LogP contribution in [0.4, 0.5) is 5.69 Å². The highest BCUT2D eigenvalue weighted by molar-refractivity contribution is 5.57. The van der Waals surface area contributed by atoms with Gasteiger partial charge in [0.2, 0.25) is 0 Å². The number of methoxy groups -OCH3 is 2. The van der Waals surface area contributed by atoms with Crippen molar-refractivity contribution in [3.63, 3.8) is 0 Å². The van der Waals surface area contributed by atoms with Gasteiger partial charge in [0.15, 0.2) is 0 Å². The molecule has 0 fully saturated rings. The molecule has 0 saturated carbocycles. The molecule has 0 bridgehead atoms. The summed E-state index contributed by atoms with van der Waals surface area (Å²) in [6.07, 6.45) is 0. The third-order valence-corrected chi connectivity index (χ3v) is 2.30. The molecular weight excluding hydrogens is 190 g/mol. The van der Waals surface area contributed by atoms with Crippen molar-refractivity contribution in [2.75, 3.05) is 26.3 Å². The van der Waals surface area contributed by atoms with Crippen LogP contribution in [0.25, 0.3) is 0 Å². The number of hydrogen-bond donors (Lipinski definition) is 1. The number of rotatable bonds is 5. The number of nitrogens with one attached hydrogen (secondary N) is 1. The lowest BCUT2D eigenvalue weighted by Crippen LogP contribution is -2.05. The molecule has 84 valence electrons. The molecular formula is C12H19NO2. The molecule has 0 aliphatic carbocycles. The van der Waals surface area contributed by atoms with E-state index >= 15 is 0 Å². The van der Waals surface area contributed by atoms with Gasteiger partial charge in [-0.1, -0.05) is 19.9 Å². The maximum atomic E-state index is 5.32. The minimum atomic E-state index is 0.484. The van der Waals surface area contributed by atoms with Gasteiger partial charge in [0, 0.05) is 7.11 Å². The van der Waals surface area contributed by atoms with E-state index in [-0.39, 0.29) is 0 Å². The molecule has 3 heteroatoms. The van der Waals surface area contributed by atoms with Gasteiger partial charge in [-0.05, 0) is 23.6 Å². The predicted molar refractivity (Wildman–Crippen MR) is 62.6 cm³/mol. The number of ether oxygens (including phenoxy) is 2. The number of benzene rings is 1. The lowest BCUT2D eigenvalue weighted by atomic mass is 10.0. The van der Waals surface area contributed by atoms with Crippen molar-refractivity contribution in [3.8, 4) is 5.75 Å². The third kappa shape index (κ3) is 3.13. The van der Waals surface area contributed by atoms with Gasteiger partial charge in [0.1, 0.15) is 12.5 Å². The van der Waals surface area contributed by atoms with Crippen molar-refractivity contribution in [2.24, 2.45) is 0 Å². The maximum absolute atomic E-state index is 5.32. The molecule has 0 amide bonds. The van der Waals surface area contributed by atoms with E-state index in [9.17, 15) is 0 Å². The Hall–Kier alpha value is -1.22. The van der Waals surface area contributed by atoms with Gasteiger partial charge in [-0.25, -0.2) is 0 Å². The van der Waals surface area contributed by atoms with E-state index in [0.717, 1.165) is 11.4 Å². The minimum Gasteiger partial charge on any atom is -0.495 e. The van der Waals surface area contributed by atoms with E-state index < -0.39 is 0 Å². The first-order chi connectivity index (χ1) is 7.19. The first-order valence-electron chi connectivity index (χ1n) is 5.09. The largest absolute Gasteiger partial charge is 0.495 e. The molecule has 0 radical (unpaired) electrons. The highest BCUT2D eigenvalue weighted by Crippen LogP contribution is 2.28. The third-order valence-electron chi connectivity index (χ3n) is 2.30. The van der Waals surface area contributed by atoms with Crippen molar-refractivity contribution in [3.05, 3.63) is 23.8 Å². The summed E-state index contributed by atoms with van der Waals surface area (Å²) in [6, 6.07) is 6.18. The molecule has 1 aromatic carbocycles. The van der Waals surface area contributed by atoms with Crippen molar-refractivity contribution < 1.29 is 9.47 Å². The highest BCUT2D eigenvalue weighted by atomic mass is 16.5. The molecule has 0 heterocycles. The molecule has 0 spiro atoms. The summed E-state index contributed by atoms with van der Waals surface area (Å²) in [5, 5.41) is 3.13. The minimum absolute atomic E-state index is 0.484. The van der Waals surface area contributed by atoms with Gasteiger partial charge in [0.05, 0.1) is 12.8 Å². The molecule has 0 aliphatic heterocycles. The fourth-order valence-electron chi connectivity index (χ4n) is 1.36. The van der Waals surface area contributed by atoms with E-state index in [2.05, 4.69) is 31.3 Å². The molecule has 1 N–H and O–H groups in total. The average Bonchev–Trinajstić information content (AvgIpc) is 2.25. The summed E-state index contributed by atoms with van der Waals surface area (Å²) >= 11 is 0. The van der Waals surface area contributed by atoms with Gasteiger partial charge < -0.3 is 14.8 Å². The number of anilines is 1. The molecule has 0 unspecified atom stereocenters. The Kier molecular flexibility index (Phi) is 4.43. The van der Waals surface area contributed by atoms with E-state index in [1.807, 2.05) is 6.07 Å². The van der Waals surface area contributed by atoms with Gasteiger partial charge in [-0.3, -0.25) is 0 Å². The Balaban J connectivity index is 2.88. The zero-order valence-electron chi connectivity index (χ0n) is 9.83. The molecule has 1 aromatic rings. The van der Waals surface area contributed by atoms with Crippen molar-refractivity contribution in [1.82, 2.24) is 0 Å². The zero-order chi connectivity index (χ0) is 11.3. The van der Waals surface area contributed by atoms with Crippen LogP contribution in [0.15, 0.2) is 18.2 Å². The fourth-order valence-corrected chi connectivity index (χ4v) is 1.36. The summed E-state index contributed by atoms with van der Waals surface area (Å²) in [5.41, 5.74) is 2.23. The first-order valence-corrected chi connectivity index (χ1v) is 5.09. The van der Waals surface area contributed by atoms with Crippen LogP contribution in [0, 0.1) is 0 Å². The summed E-state index contributed by atoms with van der Waals surface area (Å²) in [6.45, 7) is 4.81. The Morgan fingerprint density at radius 1 is 1.27 bits per heavy atom. The number of hydrogen-bond acceptors (Lipinski definition) is 3. The quantitative estimate of drug-likeness (QED) is 0.756. The van der Waals surface area contributed by atoms with Crippen LogP contribution in [-0.4, -0.2) is 21.0 Å². The summed E-state index contributed by atoms with van der Waals surface area (Å²) in [5.74, 6) is 1.37. The standard InChI is InChI=1S/C12H19NO2/c1-9(2)10-5-6-11(13-8-14-3)12(7-10)15-4/h5-7,9,13H,8H2,1-4H3. The molecule has 0 aromatic heterocycles. The van der Waals surface area contributed by atoms with Gasteiger partial charge in [-0.15, -0.1) is 0 Å². The second-order valence-corrected chi connectivity index (χ2v) is 3.72. The van der Waals surface area contributed by atoms with Gasteiger partial charge in [0.25, 0.3) is 0 Å². The van der Waals surface area contributed by atoms with Crippen LogP contribution in [0.2, 0.25) is 0 Å².